The Balaban J connectivity index is 2.22. The van der Waals surface area contributed by atoms with E-state index in [9.17, 15) is 9.18 Å². The van der Waals surface area contributed by atoms with E-state index in [-0.39, 0.29) is 12.4 Å². The minimum Gasteiger partial charge on any atom is -0.289 e. The van der Waals surface area contributed by atoms with E-state index in [2.05, 4.69) is 15.5 Å². The molecule has 0 radical (unpaired) electrons. The molecule has 1 aromatic carbocycles. The first-order valence-electron chi connectivity index (χ1n) is 5.74. The number of nitrogen functional groups attached to an aromatic ring is 1. The van der Waals surface area contributed by atoms with Crippen molar-refractivity contribution in [1.29, 1.82) is 0 Å². The molecule has 3 aromatic rings. The molecular weight excluding hydrogens is 281 g/mol. The van der Waals surface area contributed by atoms with Gasteiger partial charge in [-0.3, -0.25) is 10.2 Å². The molecule has 102 valence electrons. The molecule has 0 saturated carbocycles. The maximum absolute atomic E-state index is 14.1. The Morgan fingerprint density at radius 2 is 2.35 bits per heavy atom. The molecule has 0 unspecified atom stereocenters. The summed E-state index contributed by atoms with van der Waals surface area (Å²) in [6.45, 7) is 0.254. The number of amides is 1. The van der Waals surface area contributed by atoms with E-state index in [0.29, 0.717) is 20.5 Å². The monoisotopic (exact) mass is 291 g/mol. The van der Waals surface area contributed by atoms with Gasteiger partial charge in [-0.05, 0) is 12.1 Å². The third-order valence-corrected chi connectivity index (χ3v) is 4.08. The van der Waals surface area contributed by atoms with Crippen LogP contribution in [0.25, 0.3) is 10.1 Å². The molecule has 0 aliphatic rings. The average molecular weight is 291 g/mol. The SMILES string of the molecule is NNC(=O)c1sc2cccc(F)c2c1Cn1cncn1. The molecule has 0 aliphatic heterocycles. The van der Waals surface area contributed by atoms with Crippen LogP contribution in [0.3, 0.4) is 0 Å². The molecule has 0 fully saturated rings. The highest BCUT2D eigenvalue weighted by atomic mass is 32.1. The second-order valence-corrected chi connectivity index (χ2v) is 5.14. The summed E-state index contributed by atoms with van der Waals surface area (Å²) in [5.41, 5.74) is 2.64. The van der Waals surface area contributed by atoms with Gasteiger partial charge in [-0.1, -0.05) is 6.07 Å². The number of thiophene rings is 1. The minimum absolute atomic E-state index is 0.254. The van der Waals surface area contributed by atoms with Gasteiger partial charge in [-0.25, -0.2) is 19.9 Å². The topological polar surface area (TPSA) is 85.8 Å². The van der Waals surface area contributed by atoms with E-state index in [1.807, 2.05) is 0 Å². The Hall–Kier alpha value is -2.32. The summed E-state index contributed by atoms with van der Waals surface area (Å²) in [5.74, 6) is 4.37. The summed E-state index contributed by atoms with van der Waals surface area (Å²) >= 11 is 1.20. The number of aromatic nitrogens is 3. The van der Waals surface area contributed by atoms with E-state index in [4.69, 9.17) is 5.84 Å². The van der Waals surface area contributed by atoms with Crippen molar-refractivity contribution in [3.8, 4) is 0 Å². The molecule has 8 heteroatoms. The van der Waals surface area contributed by atoms with Gasteiger partial charge in [0.2, 0.25) is 0 Å². The van der Waals surface area contributed by atoms with E-state index < -0.39 is 5.91 Å². The zero-order valence-electron chi connectivity index (χ0n) is 10.2. The van der Waals surface area contributed by atoms with Crippen molar-refractivity contribution in [2.45, 2.75) is 6.54 Å². The Bertz CT molecular complexity index is 768. The summed E-state index contributed by atoms with van der Waals surface area (Å²) in [7, 11) is 0. The zero-order chi connectivity index (χ0) is 14.1. The first kappa shape index (κ1) is 12.7. The Morgan fingerprint density at radius 1 is 1.50 bits per heavy atom. The van der Waals surface area contributed by atoms with Gasteiger partial charge in [0.15, 0.2) is 0 Å². The average Bonchev–Trinajstić information content (AvgIpc) is 3.07. The number of halogens is 1. The Labute approximate surface area is 117 Å². The van der Waals surface area contributed by atoms with Crippen molar-refractivity contribution >= 4 is 27.3 Å². The number of hydrazine groups is 1. The van der Waals surface area contributed by atoms with Gasteiger partial charge in [0.25, 0.3) is 5.91 Å². The van der Waals surface area contributed by atoms with E-state index in [0.717, 1.165) is 0 Å². The van der Waals surface area contributed by atoms with Gasteiger partial charge >= 0.3 is 0 Å². The van der Waals surface area contributed by atoms with Gasteiger partial charge in [0, 0.05) is 15.6 Å². The number of benzene rings is 1. The maximum atomic E-state index is 14.1. The molecule has 0 saturated heterocycles. The van der Waals surface area contributed by atoms with Crippen LogP contribution < -0.4 is 11.3 Å². The van der Waals surface area contributed by atoms with Crippen LogP contribution in [0.2, 0.25) is 0 Å². The number of carbonyl (C=O) groups is 1. The van der Waals surface area contributed by atoms with Crippen molar-refractivity contribution in [1.82, 2.24) is 20.2 Å². The van der Waals surface area contributed by atoms with Crippen LogP contribution in [0, 0.1) is 5.82 Å². The number of fused-ring (bicyclic) bond motifs is 1. The van der Waals surface area contributed by atoms with Gasteiger partial charge in [-0.15, -0.1) is 11.3 Å². The molecule has 6 nitrogen and oxygen atoms in total. The summed E-state index contributed by atoms with van der Waals surface area (Å²) in [6, 6.07) is 4.74. The van der Waals surface area contributed by atoms with Gasteiger partial charge in [-0.2, -0.15) is 5.10 Å². The molecule has 2 aromatic heterocycles. The zero-order valence-corrected chi connectivity index (χ0v) is 11.0. The summed E-state index contributed by atoms with van der Waals surface area (Å²) < 4.78 is 16.3. The van der Waals surface area contributed by atoms with Crippen LogP contribution in [0.1, 0.15) is 15.2 Å². The highest BCUT2D eigenvalue weighted by Gasteiger charge is 2.20. The van der Waals surface area contributed by atoms with Crippen LogP contribution in [0.4, 0.5) is 4.39 Å². The number of nitrogens with one attached hydrogen (secondary N) is 1. The van der Waals surface area contributed by atoms with Crippen LogP contribution in [0.5, 0.6) is 0 Å². The van der Waals surface area contributed by atoms with Crippen LogP contribution in [0.15, 0.2) is 30.9 Å². The Morgan fingerprint density at radius 3 is 3.05 bits per heavy atom. The van der Waals surface area contributed by atoms with Gasteiger partial charge in [0.05, 0.1) is 11.4 Å². The summed E-state index contributed by atoms with van der Waals surface area (Å²) in [4.78, 5) is 16.1. The maximum Gasteiger partial charge on any atom is 0.275 e. The minimum atomic E-state index is -0.444. The fraction of sp³-hybridized carbons (Fsp3) is 0.0833. The van der Waals surface area contributed by atoms with Crippen molar-refractivity contribution < 1.29 is 9.18 Å². The van der Waals surface area contributed by atoms with Crippen molar-refractivity contribution in [2.75, 3.05) is 0 Å². The number of nitrogens with zero attached hydrogens (tertiary/aromatic N) is 3. The molecule has 0 atom stereocenters. The van der Waals surface area contributed by atoms with Crippen molar-refractivity contribution in [2.24, 2.45) is 5.84 Å². The molecule has 3 rings (SSSR count). The van der Waals surface area contributed by atoms with Crippen molar-refractivity contribution in [3.05, 3.63) is 47.1 Å². The molecule has 20 heavy (non-hydrogen) atoms. The predicted octanol–water partition coefficient (Wildman–Crippen LogP) is 1.28. The van der Waals surface area contributed by atoms with E-state index >= 15 is 0 Å². The van der Waals surface area contributed by atoms with Gasteiger partial charge in [0.1, 0.15) is 18.5 Å². The van der Waals surface area contributed by atoms with Crippen LogP contribution in [-0.2, 0) is 6.54 Å². The number of carbonyl (C=O) groups excluding carboxylic acids is 1. The molecule has 0 bridgehead atoms. The Kier molecular flexibility index (Phi) is 3.17. The first-order valence-corrected chi connectivity index (χ1v) is 6.55. The lowest BCUT2D eigenvalue weighted by Crippen LogP contribution is -2.30. The van der Waals surface area contributed by atoms with Gasteiger partial charge < -0.3 is 0 Å². The number of hydrogen-bond donors (Lipinski definition) is 2. The van der Waals surface area contributed by atoms with E-state index in [1.54, 1.807) is 12.1 Å². The quantitative estimate of drug-likeness (QED) is 0.432. The second kappa shape index (κ2) is 4.99. The molecule has 0 aliphatic carbocycles. The first-order chi connectivity index (χ1) is 9.70. The molecule has 1 amide bonds. The smallest absolute Gasteiger partial charge is 0.275 e. The molecule has 3 N–H and O–H groups in total. The van der Waals surface area contributed by atoms with Crippen LogP contribution >= 0.6 is 11.3 Å². The third-order valence-electron chi connectivity index (χ3n) is 2.89. The predicted molar refractivity (Wildman–Crippen MR) is 72.6 cm³/mol. The normalized spacial score (nSPS) is 10.9. The molecule has 0 spiro atoms. The number of rotatable bonds is 3. The highest BCUT2D eigenvalue weighted by Crippen LogP contribution is 2.33. The lowest BCUT2D eigenvalue weighted by Gasteiger charge is -2.04. The fourth-order valence-corrected chi connectivity index (χ4v) is 3.17. The van der Waals surface area contributed by atoms with Crippen molar-refractivity contribution in [3.63, 3.8) is 0 Å². The lowest BCUT2D eigenvalue weighted by atomic mass is 10.1. The number of nitrogens with two attached hydrogens (primary N) is 1. The second-order valence-electron chi connectivity index (χ2n) is 4.09. The van der Waals surface area contributed by atoms with E-state index in [1.165, 1.54) is 34.7 Å². The summed E-state index contributed by atoms with van der Waals surface area (Å²) in [6.07, 6.45) is 2.89. The lowest BCUT2D eigenvalue weighted by molar-refractivity contribution is 0.0957. The molecular formula is C12H10FN5OS. The van der Waals surface area contributed by atoms with Crippen LogP contribution in [-0.4, -0.2) is 20.7 Å². The largest absolute Gasteiger partial charge is 0.289 e. The fourth-order valence-electron chi connectivity index (χ4n) is 2.04. The summed E-state index contributed by atoms with van der Waals surface area (Å²) in [5, 5.41) is 4.40. The molecule has 2 heterocycles. The third kappa shape index (κ3) is 2.04. The number of hydrogen-bond acceptors (Lipinski definition) is 5. The standard InChI is InChI=1S/C12H10FN5OS/c13-8-2-1-3-9-10(8)7(4-18-6-15-5-16-18)11(20-9)12(19)17-14/h1-3,5-6H,4,14H2,(H,17,19). The highest BCUT2D eigenvalue weighted by molar-refractivity contribution is 7.21.